The van der Waals surface area contributed by atoms with Gasteiger partial charge >= 0.3 is 69.7 Å². The molecule has 2 aromatic heterocycles. The Morgan fingerprint density at radius 1 is 0.570 bits per heavy atom. The summed E-state index contributed by atoms with van der Waals surface area (Å²) in [5.41, 5.74) is -9.82. The lowest BCUT2D eigenvalue weighted by Gasteiger charge is -2.34. The second-order valence-corrected chi connectivity index (χ2v) is 25.8. The number of esters is 2. The molecule has 0 spiro atoms. The van der Waals surface area contributed by atoms with Crippen LogP contribution in [-0.2, 0) is 114 Å². The molecule has 5 rings (SSSR count). The zero-order valence-electron chi connectivity index (χ0n) is 55.6. The number of hydrogen-bond donors (Lipinski definition) is 6. The number of aromatic nitrogens is 4. The first-order valence-corrected chi connectivity index (χ1v) is 32.3. The predicted molar refractivity (Wildman–Crippen MR) is 320 cm³/mol. The van der Waals surface area contributed by atoms with Gasteiger partial charge in [0, 0.05) is 24.5 Å². The number of alkyl halides is 2. The van der Waals surface area contributed by atoms with Crippen LogP contribution in [0.1, 0.15) is 94.2 Å². The zero-order chi connectivity index (χ0) is 74.3. The molecule has 564 valence electrons. The average molecular weight is 1500 g/mol. The fourth-order valence-electron chi connectivity index (χ4n) is 8.37. The van der Waals surface area contributed by atoms with E-state index in [-0.39, 0.29) is 19.0 Å². The molecule has 1 amide bonds. The number of nitrogens with one attached hydrogen (secondary N) is 3. The van der Waals surface area contributed by atoms with E-state index in [0.717, 1.165) is 38.4 Å². The smallest absolute Gasteiger partial charge is 0.510 e. The Kier molecular flexibility index (Phi) is 33.4. The molecule has 8 N–H and O–H groups in total. The maximum atomic E-state index is 15.3. The third-order valence-electron chi connectivity index (χ3n) is 12.7. The van der Waals surface area contributed by atoms with Gasteiger partial charge in [-0.05, 0) is 81.7 Å². The van der Waals surface area contributed by atoms with Crippen LogP contribution in [0.25, 0.3) is 0 Å². The summed E-state index contributed by atoms with van der Waals surface area (Å²) >= 11 is 0. The number of hydrogen-bond acceptors (Lipinski definition) is 34. The third kappa shape index (κ3) is 25.9. The molecule has 2 aliphatic heterocycles. The molecule has 0 saturated carbocycles. The lowest BCUT2D eigenvalue weighted by molar-refractivity contribution is -0.404. The van der Waals surface area contributed by atoms with E-state index in [1.165, 1.54) is 62.3 Å². The Morgan fingerprint density at radius 2 is 0.920 bits per heavy atom. The molecular formula is C55H79ClF2N6O34P2. The van der Waals surface area contributed by atoms with Gasteiger partial charge in [0.1, 0.15) is 37.7 Å². The van der Waals surface area contributed by atoms with Crippen LogP contribution < -0.4 is 46.0 Å². The zero-order valence-corrected chi connectivity index (χ0v) is 58.1. The summed E-state index contributed by atoms with van der Waals surface area (Å²) in [4.78, 5) is 137. The number of aliphatic hydroxyl groups is 2. The predicted octanol–water partition coefficient (Wildman–Crippen LogP) is -0.174. The number of carbonyl (C=O) groups is 7. The van der Waals surface area contributed by atoms with Gasteiger partial charge in [-0.25, -0.2) is 74.4 Å². The van der Waals surface area contributed by atoms with Crippen LogP contribution >= 0.6 is 15.6 Å². The summed E-state index contributed by atoms with van der Waals surface area (Å²) in [6.07, 6.45) is -14.5. The van der Waals surface area contributed by atoms with Crippen LogP contribution in [0.5, 0.6) is 0 Å². The molecule has 9 atom stereocenters. The van der Waals surface area contributed by atoms with E-state index in [0.29, 0.717) is 14.7 Å². The quantitative estimate of drug-likeness (QED) is 0.0199. The van der Waals surface area contributed by atoms with Crippen molar-refractivity contribution in [1.29, 1.82) is 0 Å². The van der Waals surface area contributed by atoms with Crippen molar-refractivity contribution in [2.24, 2.45) is 0 Å². The molecule has 0 radical (unpaired) electrons. The highest BCUT2D eigenvalue weighted by Crippen LogP contribution is 2.55. The van der Waals surface area contributed by atoms with Gasteiger partial charge in [0.15, 0.2) is 41.9 Å². The van der Waals surface area contributed by atoms with Crippen LogP contribution in [0.15, 0.2) is 74.0 Å². The number of amides is 1. The second-order valence-electron chi connectivity index (χ2n) is 22.5. The summed E-state index contributed by atoms with van der Waals surface area (Å²) < 4.78 is 154. The summed E-state index contributed by atoms with van der Waals surface area (Å²) in [5.74, 6) is -2.31. The Bertz CT molecular complexity index is 3490. The number of nitrogens with zero attached hydrogens (tertiary/aromatic N) is 2. The Morgan fingerprint density at radius 3 is 1.24 bits per heavy atom. The lowest BCUT2D eigenvalue weighted by atomic mass is 9.88. The number of rotatable bonds is 33. The maximum Gasteiger partial charge on any atom is 0.510 e. The first kappa shape index (κ1) is 86.3. The van der Waals surface area contributed by atoms with E-state index in [1.54, 1.807) is 30.3 Å². The largest absolute Gasteiger partial charge is 1.00 e. The topological polar surface area (TPSA) is 519 Å². The van der Waals surface area contributed by atoms with Gasteiger partial charge in [-0.15, -0.1) is 0 Å². The van der Waals surface area contributed by atoms with Gasteiger partial charge in [-0.3, -0.25) is 42.5 Å². The molecule has 2 fully saturated rings. The van der Waals surface area contributed by atoms with Crippen molar-refractivity contribution in [2.45, 2.75) is 160 Å². The van der Waals surface area contributed by atoms with E-state index in [2.05, 4.69) is 30.0 Å². The van der Waals surface area contributed by atoms with Gasteiger partial charge in [-0.2, -0.15) is 0 Å². The van der Waals surface area contributed by atoms with Crippen LogP contribution in [0.3, 0.4) is 0 Å². The molecule has 2 saturated heterocycles. The molecule has 100 heavy (non-hydrogen) atoms. The van der Waals surface area contributed by atoms with Gasteiger partial charge in [0.05, 0.1) is 37.6 Å². The van der Waals surface area contributed by atoms with Crippen molar-refractivity contribution in [3.63, 3.8) is 0 Å². The van der Waals surface area contributed by atoms with E-state index in [1.807, 2.05) is 9.97 Å². The normalized spacial score (nSPS) is 22.1. The van der Waals surface area contributed by atoms with Crippen molar-refractivity contribution in [2.75, 3.05) is 60.3 Å². The van der Waals surface area contributed by atoms with E-state index in [9.17, 15) is 76.5 Å². The lowest BCUT2D eigenvalue weighted by Crippen LogP contribution is -3.00. The first-order chi connectivity index (χ1) is 46.2. The molecule has 0 bridgehead atoms. The highest BCUT2D eigenvalue weighted by molar-refractivity contribution is 7.48. The Hall–Kier alpha value is -7.96. The third-order valence-corrected chi connectivity index (χ3v) is 15.2. The SMILES string of the molecule is CC(C)OC(=O)OCOP(=O)(OCOC(=O)OC(C)C)OC[C@@]1(CF)O[C@@H](n2ccc(=O)[nH]c2=O)[C@](C)(O)[C@@H]1OC(=O)CNC(=O)OCc1ccccc1.CC(C)OC(=O)OCOP(=O)(OCOC(=O)OC(C)C)OC[C@@]1(CF)O[C@@H](n2ccc(=O)[nH]c2=O)[C@](C)(O)[C@@H]1OC(=O)[C@H](C)[NH3+].[Cl-]. The number of phosphoric acid groups is 2. The van der Waals surface area contributed by atoms with Crippen molar-refractivity contribution in [1.82, 2.24) is 24.4 Å². The van der Waals surface area contributed by atoms with Gasteiger partial charge < -0.3 is 95.2 Å². The number of halogens is 3. The van der Waals surface area contributed by atoms with Crippen molar-refractivity contribution in [3.8, 4) is 0 Å². The van der Waals surface area contributed by atoms with Crippen LogP contribution in [0, 0.1) is 0 Å². The second kappa shape index (κ2) is 38.7. The summed E-state index contributed by atoms with van der Waals surface area (Å²) in [7, 11) is -10.1. The summed E-state index contributed by atoms with van der Waals surface area (Å²) in [5, 5.41) is 25.3. The van der Waals surface area contributed by atoms with Crippen LogP contribution in [-0.4, -0.2) is 197 Å². The van der Waals surface area contributed by atoms with Gasteiger partial charge in [0.2, 0.25) is 27.2 Å². The average Bonchev–Trinajstić information content (AvgIpc) is 1.58. The monoisotopic (exact) mass is 1500 g/mol. The van der Waals surface area contributed by atoms with Crippen molar-refractivity contribution < 1.29 is 169 Å². The van der Waals surface area contributed by atoms with E-state index in [4.69, 9.17) is 69.8 Å². The number of ether oxygens (including phenoxy) is 13. The number of benzene rings is 1. The summed E-state index contributed by atoms with van der Waals surface area (Å²) in [6.45, 7) is 4.18. The van der Waals surface area contributed by atoms with Crippen LogP contribution in [0.2, 0.25) is 0 Å². The molecule has 4 heterocycles. The highest BCUT2D eigenvalue weighted by atomic mass is 35.5. The van der Waals surface area contributed by atoms with Crippen LogP contribution in [0.4, 0.5) is 32.8 Å². The highest BCUT2D eigenvalue weighted by Gasteiger charge is 2.67. The van der Waals surface area contributed by atoms with Crippen molar-refractivity contribution in [3.05, 3.63) is 102 Å². The van der Waals surface area contributed by atoms with E-state index < -0.39 is 219 Å². The number of phosphoric ester groups is 2. The molecular weight excluding hydrogens is 1420 g/mol. The fourth-order valence-corrected chi connectivity index (χ4v) is 10.3. The molecule has 0 aliphatic carbocycles. The molecule has 40 nitrogen and oxygen atoms in total. The van der Waals surface area contributed by atoms with Crippen molar-refractivity contribution >= 4 is 58.3 Å². The molecule has 45 heteroatoms. The summed E-state index contributed by atoms with van der Waals surface area (Å²) in [6, 6.07) is 9.31. The maximum absolute atomic E-state index is 15.3. The fraction of sp³-hybridized carbons (Fsp3) is 0.618. The number of H-pyrrole nitrogens is 2. The number of carbonyl (C=O) groups excluding carboxylic acids is 7. The minimum Gasteiger partial charge on any atom is -1.00 e. The molecule has 0 unspecified atom stereocenters. The minimum atomic E-state index is -5.10. The first-order valence-electron chi connectivity index (χ1n) is 29.4. The molecule has 3 aromatic rings. The minimum absolute atomic E-state index is 0. The van der Waals surface area contributed by atoms with Gasteiger partial charge in [0.25, 0.3) is 11.1 Å². The Balaban J connectivity index is 0.000000524. The number of quaternary nitrogens is 1. The molecule has 2 aliphatic rings. The number of aromatic amines is 2. The molecule has 1 aromatic carbocycles. The number of alkyl carbamates (subject to hydrolysis) is 1. The van der Waals surface area contributed by atoms with Gasteiger partial charge in [-0.1, -0.05) is 30.3 Å². The Labute approximate surface area is 572 Å². The standard InChI is InChI=1S/C31H41FN3O18P.C24H37FN3O16P.ClH/c1-19(2)50-28(40)45-17-48-54(43,49-18-46-29(41)51-20(3)4)47-16-31(15-32)24(30(5,42)25(53-31)35-12-11-22(36)34-26(35)38)52-23(37)13-33-27(39)44-14-21-9-7-6-8-10-21;1-13(2)41-21(32)36-11-39-45(35,40-12-37-22(33)42-14(3)4)38-10-24(9-25)18(43-17(30)15(5)26)23(6,34)19(44-24)28-8-7-16(29)27-20(28)31;/h6-12,19-20,24-25,42H,13-18H2,1-5H3,(H,33,39)(H,34,36,38);7-8,13-15,18-19,34H,9-12,26H2,1-6H3,(H,27,29,31);1H/t24-,25+,30+,31+;15-,18-,19+,23+,24+;/m00./s1. The van der Waals surface area contributed by atoms with E-state index >= 15 is 4.39 Å².